The van der Waals surface area contributed by atoms with Gasteiger partial charge in [0, 0.05) is 13.1 Å². The van der Waals surface area contributed by atoms with E-state index in [1.54, 1.807) is 41.3 Å². The second kappa shape index (κ2) is 10.6. The molecule has 31 heavy (non-hydrogen) atoms. The van der Waals surface area contributed by atoms with Crippen LogP contribution in [-0.2, 0) is 20.8 Å². The van der Waals surface area contributed by atoms with E-state index in [2.05, 4.69) is 5.32 Å². The summed E-state index contributed by atoms with van der Waals surface area (Å²) >= 11 is 0. The molecule has 164 valence electrons. The number of carbonyl (C=O) groups is 3. The Bertz CT molecular complexity index is 933. The Morgan fingerprint density at radius 3 is 2.61 bits per heavy atom. The maximum absolute atomic E-state index is 13.1. The molecule has 2 aromatic rings. The molecule has 0 radical (unpaired) electrons. The Hall–Kier alpha value is -3.42. The topological polar surface area (TPSA) is 102 Å². The van der Waals surface area contributed by atoms with Gasteiger partial charge >= 0.3 is 0 Å². The zero-order valence-electron chi connectivity index (χ0n) is 17.2. The lowest BCUT2D eigenvalue weighted by Crippen LogP contribution is -2.44. The number of nitrogens with two attached hydrogens (primary N) is 1. The lowest BCUT2D eigenvalue weighted by atomic mass is 9.96. The number of piperidine rings is 1. The van der Waals surface area contributed by atoms with E-state index in [9.17, 15) is 18.8 Å². The minimum absolute atomic E-state index is 0.0794. The van der Waals surface area contributed by atoms with E-state index in [4.69, 9.17) is 10.5 Å². The van der Waals surface area contributed by atoms with Crippen LogP contribution in [0, 0.1) is 11.7 Å². The van der Waals surface area contributed by atoms with E-state index < -0.39 is 5.91 Å². The molecule has 1 heterocycles. The third kappa shape index (κ3) is 6.53. The molecule has 0 spiro atoms. The standard InChI is InChI=1S/C23H26FN3O4/c24-18-9-7-16(8-10-18)14-22(29)27-12-3-4-17(15-27)23(30)26-19-5-1-2-6-20(19)31-13-11-21(25)28/h1-2,5-10,17H,3-4,11-15H2,(H2,25,28)(H,26,30). The summed E-state index contributed by atoms with van der Waals surface area (Å²) in [6.07, 6.45) is 1.65. The van der Waals surface area contributed by atoms with Crippen LogP contribution in [0.5, 0.6) is 5.75 Å². The summed E-state index contributed by atoms with van der Waals surface area (Å²) in [6, 6.07) is 12.8. The van der Waals surface area contributed by atoms with Crippen LogP contribution in [-0.4, -0.2) is 42.3 Å². The van der Waals surface area contributed by atoms with Gasteiger partial charge in [-0.3, -0.25) is 14.4 Å². The summed E-state index contributed by atoms with van der Waals surface area (Å²) in [6.45, 7) is 1.05. The monoisotopic (exact) mass is 427 g/mol. The summed E-state index contributed by atoms with van der Waals surface area (Å²) < 4.78 is 18.6. The molecule has 3 amide bonds. The first-order chi connectivity index (χ1) is 14.9. The molecule has 0 aromatic heterocycles. The number of rotatable bonds is 8. The van der Waals surface area contributed by atoms with Gasteiger partial charge in [0.25, 0.3) is 0 Å². The highest BCUT2D eigenvalue weighted by molar-refractivity contribution is 5.94. The van der Waals surface area contributed by atoms with Crippen molar-refractivity contribution in [1.29, 1.82) is 0 Å². The lowest BCUT2D eigenvalue weighted by molar-refractivity contribution is -0.134. The van der Waals surface area contributed by atoms with Gasteiger partial charge in [0.15, 0.2) is 0 Å². The number of halogens is 1. The second-order valence-corrected chi connectivity index (χ2v) is 7.53. The molecule has 0 saturated carbocycles. The molecular formula is C23H26FN3O4. The fraction of sp³-hybridized carbons (Fsp3) is 0.348. The fourth-order valence-electron chi connectivity index (χ4n) is 3.50. The Morgan fingerprint density at radius 2 is 1.87 bits per heavy atom. The zero-order valence-corrected chi connectivity index (χ0v) is 17.2. The summed E-state index contributed by atoms with van der Waals surface area (Å²) in [5.41, 5.74) is 6.37. The Balaban J connectivity index is 1.58. The second-order valence-electron chi connectivity index (χ2n) is 7.53. The molecule has 8 heteroatoms. The van der Waals surface area contributed by atoms with Gasteiger partial charge in [-0.05, 0) is 42.7 Å². The molecule has 7 nitrogen and oxygen atoms in total. The fourth-order valence-corrected chi connectivity index (χ4v) is 3.50. The van der Waals surface area contributed by atoms with E-state index >= 15 is 0 Å². The predicted octanol–water partition coefficient (Wildman–Crippen LogP) is 2.50. The van der Waals surface area contributed by atoms with Crippen LogP contribution in [0.3, 0.4) is 0 Å². The number of anilines is 1. The van der Waals surface area contributed by atoms with Crippen molar-refractivity contribution in [3.8, 4) is 5.75 Å². The summed E-state index contributed by atoms with van der Waals surface area (Å²) in [7, 11) is 0. The van der Waals surface area contributed by atoms with E-state index in [1.807, 2.05) is 0 Å². The van der Waals surface area contributed by atoms with Crippen LogP contribution < -0.4 is 15.8 Å². The summed E-state index contributed by atoms with van der Waals surface area (Å²) in [5.74, 6) is -0.967. The van der Waals surface area contributed by atoms with Crippen molar-refractivity contribution >= 4 is 23.4 Å². The normalized spacial score (nSPS) is 15.9. The largest absolute Gasteiger partial charge is 0.491 e. The lowest BCUT2D eigenvalue weighted by Gasteiger charge is -2.32. The molecule has 0 aliphatic carbocycles. The number of carbonyl (C=O) groups excluding carboxylic acids is 3. The van der Waals surface area contributed by atoms with Crippen LogP contribution in [0.1, 0.15) is 24.8 Å². The maximum Gasteiger partial charge on any atom is 0.229 e. The number of primary amides is 1. The van der Waals surface area contributed by atoms with Gasteiger partial charge in [-0.1, -0.05) is 24.3 Å². The first-order valence-electron chi connectivity index (χ1n) is 10.3. The number of ether oxygens (including phenoxy) is 1. The SMILES string of the molecule is NC(=O)CCOc1ccccc1NC(=O)C1CCCN(C(=O)Cc2ccc(F)cc2)C1. The number of para-hydroxylation sites is 2. The third-order valence-corrected chi connectivity index (χ3v) is 5.16. The van der Waals surface area contributed by atoms with Crippen molar-refractivity contribution in [2.75, 3.05) is 25.0 Å². The average molecular weight is 427 g/mol. The maximum atomic E-state index is 13.1. The van der Waals surface area contributed by atoms with Crippen molar-refractivity contribution in [2.45, 2.75) is 25.7 Å². The molecule has 1 aliphatic rings. The van der Waals surface area contributed by atoms with Gasteiger partial charge in [-0.15, -0.1) is 0 Å². The molecule has 0 bridgehead atoms. The Labute approximate surface area is 180 Å². The van der Waals surface area contributed by atoms with Gasteiger partial charge in [-0.2, -0.15) is 0 Å². The third-order valence-electron chi connectivity index (χ3n) is 5.16. The van der Waals surface area contributed by atoms with Crippen molar-refractivity contribution in [2.24, 2.45) is 11.7 Å². The quantitative estimate of drug-likeness (QED) is 0.676. The molecule has 2 aromatic carbocycles. The van der Waals surface area contributed by atoms with Crippen LogP contribution in [0.2, 0.25) is 0 Å². The number of nitrogens with zero attached hydrogens (tertiary/aromatic N) is 1. The number of hydrogen-bond donors (Lipinski definition) is 2. The van der Waals surface area contributed by atoms with Gasteiger partial charge < -0.3 is 20.7 Å². The van der Waals surface area contributed by atoms with Crippen molar-refractivity contribution < 1.29 is 23.5 Å². The highest BCUT2D eigenvalue weighted by atomic mass is 19.1. The minimum atomic E-state index is -0.464. The van der Waals surface area contributed by atoms with Crippen LogP contribution in [0.25, 0.3) is 0 Å². The van der Waals surface area contributed by atoms with E-state index in [1.165, 1.54) is 12.1 Å². The molecule has 3 rings (SSSR count). The highest BCUT2D eigenvalue weighted by Crippen LogP contribution is 2.26. The molecular weight excluding hydrogens is 401 g/mol. The molecule has 3 N–H and O–H groups in total. The predicted molar refractivity (Wildman–Crippen MR) is 114 cm³/mol. The molecule has 1 aliphatic heterocycles. The highest BCUT2D eigenvalue weighted by Gasteiger charge is 2.28. The van der Waals surface area contributed by atoms with Gasteiger partial charge in [0.1, 0.15) is 11.6 Å². The van der Waals surface area contributed by atoms with Crippen molar-refractivity contribution in [3.63, 3.8) is 0 Å². The first-order valence-corrected chi connectivity index (χ1v) is 10.3. The first kappa shape index (κ1) is 22.3. The minimum Gasteiger partial charge on any atom is -0.491 e. The van der Waals surface area contributed by atoms with E-state index in [0.717, 1.165) is 12.0 Å². The van der Waals surface area contributed by atoms with Crippen molar-refractivity contribution in [3.05, 3.63) is 59.9 Å². The molecule has 1 fully saturated rings. The van der Waals surface area contributed by atoms with E-state index in [0.29, 0.717) is 30.9 Å². The van der Waals surface area contributed by atoms with Gasteiger partial charge in [0.05, 0.1) is 31.1 Å². The van der Waals surface area contributed by atoms with Gasteiger partial charge in [-0.25, -0.2) is 4.39 Å². The van der Waals surface area contributed by atoms with Crippen LogP contribution in [0.15, 0.2) is 48.5 Å². The summed E-state index contributed by atoms with van der Waals surface area (Å²) in [4.78, 5) is 38.1. The summed E-state index contributed by atoms with van der Waals surface area (Å²) in [5, 5.41) is 2.87. The number of likely N-dealkylation sites (tertiary alicyclic amines) is 1. The van der Waals surface area contributed by atoms with Crippen molar-refractivity contribution in [1.82, 2.24) is 4.90 Å². The van der Waals surface area contributed by atoms with E-state index in [-0.39, 0.29) is 43.0 Å². The van der Waals surface area contributed by atoms with Crippen LogP contribution in [0.4, 0.5) is 10.1 Å². The Morgan fingerprint density at radius 1 is 1.13 bits per heavy atom. The Kier molecular flexibility index (Phi) is 7.59. The average Bonchev–Trinajstić information content (AvgIpc) is 2.76. The van der Waals surface area contributed by atoms with Gasteiger partial charge in [0.2, 0.25) is 17.7 Å². The number of hydrogen-bond acceptors (Lipinski definition) is 4. The smallest absolute Gasteiger partial charge is 0.229 e. The molecule has 1 unspecified atom stereocenters. The zero-order chi connectivity index (χ0) is 22.2. The van der Waals surface area contributed by atoms with Crippen LogP contribution >= 0.6 is 0 Å². The molecule has 1 atom stereocenters. The number of benzene rings is 2. The number of nitrogens with one attached hydrogen (secondary N) is 1. The number of amides is 3. The molecule has 1 saturated heterocycles.